The molecule has 0 aliphatic rings. The Balaban J connectivity index is 2.25. The lowest BCUT2D eigenvalue weighted by atomic mass is 10.2. The zero-order valence-electron chi connectivity index (χ0n) is 9.63. The Morgan fingerprint density at radius 1 is 1.44 bits per heavy atom. The molecule has 96 valence electrons. The minimum absolute atomic E-state index is 0.0257. The number of benzene rings is 1. The third-order valence-corrected chi connectivity index (χ3v) is 3.35. The molecule has 0 saturated heterocycles. The van der Waals surface area contributed by atoms with Crippen LogP contribution in [0.15, 0.2) is 17.6 Å². The second-order valence-corrected chi connectivity index (χ2v) is 4.66. The van der Waals surface area contributed by atoms with E-state index < -0.39 is 4.92 Å². The van der Waals surface area contributed by atoms with Crippen molar-refractivity contribution in [1.82, 2.24) is 4.98 Å². The summed E-state index contributed by atoms with van der Waals surface area (Å²) >= 11 is 1.38. The molecule has 7 heteroatoms. The first-order chi connectivity index (χ1) is 8.74. The van der Waals surface area contributed by atoms with Gasteiger partial charge in [0.1, 0.15) is 5.69 Å². The molecule has 6 nitrogen and oxygen atoms in total. The van der Waals surface area contributed by atoms with Gasteiger partial charge in [-0.25, -0.2) is 4.98 Å². The van der Waals surface area contributed by atoms with E-state index in [0.717, 1.165) is 11.1 Å². The van der Waals surface area contributed by atoms with Crippen LogP contribution in [0.3, 0.4) is 0 Å². The number of hydrogen-bond acceptors (Lipinski definition) is 6. The van der Waals surface area contributed by atoms with Gasteiger partial charge in [0.2, 0.25) is 0 Å². The summed E-state index contributed by atoms with van der Waals surface area (Å²) in [5, 5.41) is 22.8. The molecule has 0 aliphatic heterocycles. The van der Waals surface area contributed by atoms with Gasteiger partial charge >= 0.3 is 5.69 Å². The van der Waals surface area contributed by atoms with Gasteiger partial charge in [0, 0.05) is 13.2 Å². The molecule has 0 bridgehead atoms. The number of nitrogens with zero attached hydrogens (tertiary/aromatic N) is 2. The Morgan fingerprint density at radius 3 is 3.00 bits per heavy atom. The summed E-state index contributed by atoms with van der Waals surface area (Å²) in [6.07, 6.45) is 1.45. The molecule has 0 aliphatic carbocycles. The Labute approximate surface area is 107 Å². The van der Waals surface area contributed by atoms with Crippen LogP contribution < -0.4 is 5.32 Å². The lowest BCUT2D eigenvalue weighted by Crippen LogP contribution is -2.05. The Kier molecular flexibility index (Phi) is 4.06. The van der Waals surface area contributed by atoms with Crippen LogP contribution in [0.5, 0.6) is 0 Å². The SMILES string of the molecule is O=[N+]([O-])c1c(NCCCCO)ccc2scnc12. The maximum atomic E-state index is 11.1. The second kappa shape index (κ2) is 5.74. The van der Waals surface area contributed by atoms with Gasteiger partial charge in [0.05, 0.1) is 15.1 Å². The summed E-state index contributed by atoms with van der Waals surface area (Å²) in [6.45, 7) is 0.728. The molecule has 2 aromatic rings. The van der Waals surface area contributed by atoms with Gasteiger partial charge in [-0.15, -0.1) is 11.3 Å². The first-order valence-corrected chi connectivity index (χ1v) is 6.47. The number of rotatable bonds is 6. The number of aliphatic hydroxyl groups excluding tert-OH is 1. The van der Waals surface area contributed by atoms with Gasteiger partial charge < -0.3 is 10.4 Å². The van der Waals surface area contributed by atoms with Crippen molar-refractivity contribution in [3.05, 3.63) is 27.8 Å². The molecule has 2 rings (SSSR count). The van der Waals surface area contributed by atoms with Gasteiger partial charge in [-0.1, -0.05) is 0 Å². The average Bonchev–Trinajstić information content (AvgIpc) is 2.81. The molecular formula is C11H13N3O3S. The lowest BCUT2D eigenvalue weighted by molar-refractivity contribution is -0.382. The first kappa shape index (κ1) is 12.7. The third kappa shape index (κ3) is 2.57. The van der Waals surface area contributed by atoms with Crippen LogP contribution in [0, 0.1) is 10.1 Å². The predicted octanol–water partition coefficient (Wildman–Crippen LogP) is 2.39. The van der Waals surface area contributed by atoms with E-state index in [1.165, 1.54) is 11.3 Å². The molecule has 0 spiro atoms. The molecule has 0 atom stereocenters. The Morgan fingerprint density at radius 2 is 2.28 bits per heavy atom. The molecular weight excluding hydrogens is 254 g/mol. The molecule has 0 saturated carbocycles. The first-order valence-electron chi connectivity index (χ1n) is 5.59. The van der Waals surface area contributed by atoms with Crippen LogP contribution in [0.25, 0.3) is 10.2 Å². The zero-order chi connectivity index (χ0) is 13.0. The van der Waals surface area contributed by atoms with Gasteiger partial charge in [0.25, 0.3) is 0 Å². The highest BCUT2D eigenvalue weighted by molar-refractivity contribution is 7.16. The average molecular weight is 267 g/mol. The third-order valence-electron chi connectivity index (χ3n) is 2.56. The van der Waals surface area contributed by atoms with E-state index >= 15 is 0 Å². The van der Waals surface area contributed by atoms with Crippen LogP contribution in [0.1, 0.15) is 12.8 Å². The number of hydrogen-bond donors (Lipinski definition) is 2. The van der Waals surface area contributed by atoms with Crippen molar-refractivity contribution >= 4 is 32.9 Å². The molecule has 1 aromatic carbocycles. The second-order valence-electron chi connectivity index (χ2n) is 3.78. The van der Waals surface area contributed by atoms with E-state index in [0.29, 0.717) is 24.2 Å². The van der Waals surface area contributed by atoms with E-state index in [1.807, 2.05) is 6.07 Å². The molecule has 0 amide bonds. The summed E-state index contributed by atoms with van der Waals surface area (Å²) in [5.74, 6) is 0. The summed E-state index contributed by atoms with van der Waals surface area (Å²) in [6, 6.07) is 3.53. The number of fused-ring (bicyclic) bond motifs is 1. The molecule has 0 radical (unpaired) electrons. The number of nitro benzene ring substituents is 1. The van der Waals surface area contributed by atoms with Crippen molar-refractivity contribution in [3.63, 3.8) is 0 Å². The largest absolute Gasteiger partial charge is 0.396 e. The molecule has 0 unspecified atom stereocenters. The van der Waals surface area contributed by atoms with Crippen LogP contribution in [0.2, 0.25) is 0 Å². The highest BCUT2D eigenvalue weighted by Gasteiger charge is 2.20. The number of nitro groups is 1. The van der Waals surface area contributed by atoms with Crippen LogP contribution >= 0.6 is 11.3 Å². The number of thiazole rings is 1. The smallest absolute Gasteiger partial charge is 0.319 e. The van der Waals surface area contributed by atoms with Gasteiger partial charge in [-0.2, -0.15) is 0 Å². The normalized spacial score (nSPS) is 10.7. The Bertz CT molecular complexity index is 555. The molecule has 1 aromatic heterocycles. The molecule has 0 fully saturated rings. The Hall–Kier alpha value is -1.73. The van der Waals surface area contributed by atoms with E-state index in [1.54, 1.807) is 11.6 Å². The summed E-state index contributed by atoms with van der Waals surface area (Å²) < 4.78 is 0.808. The topological polar surface area (TPSA) is 88.3 Å². The summed E-state index contributed by atoms with van der Waals surface area (Å²) in [7, 11) is 0. The zero-order valence-corrected chi connectivity index (χ0v) is 10.4. The fourth-order valence-electron chi connectivity index (χ4n) is 1.70. The van der Waals surface area contributed by atoms with Crippen molar-refractivity contribution in [1.29, 1.82) is 0 Å². The summed E-state index contributed by atoms with van der Waals surface area (Å²) in [5.41, 5.74) is 2.54. The van der Waals surface area contributed by atoms with E-state index in [-0.39, 0.29) is 12.3 Å². The monoisotopic (exact) mass is 267 g/mol. The maximum Gasteiger partial charge on any atom is 0.319 e. The van der Waals surface area contributed by atoms with E-state index in [9.17, 15) is 10.1 Å². The maximum absolute atomic E-state index is 11.1. The number of aromatic nitrogens is 1. The fourth-order valence-corrected chi connectivity index (χ4v) is 2.38. The standard InChI is InChI=1S/C11H13N3O3S/c15-6-2-1-5-12-8-3-4-9-10(13-7-18-9)11(8)14(16)17/h3-4,7,12,15H,1-2,5-6H2. The number of anilines is 1. The quantitative estimate of drug-likeness (QED) is 0.476. The highest BCUT2D eigenvalue weighted by atomic mass is 32.1. The molecule has 2 N–H and O–H groups in total. The molecule has 1 heterocycles. The van der Waals surface area contributed by atoms with Crippen LogP contribution in [-0.4, -0.2) is 28.2 Å². The fraction of sp³-hybridized carbons (Fsp3) is 0.364. The van der Waals surface area contributed by atoms with Crippen molar-refractivity contribution in [3.8, 4) is 0 Å². The van der Waals surface area contributed by atoms with Crippen LogP contribution in [-0.2, 0) is 0 Å². The van der Waals surface area contributed by atoms with Gasteiger partial charge in [-0.3, -0.25) is 10.1 Å². The van der Waals surface area contributed by atoms with E-state index in [4.69, 9.17) is 5.11 Å². The summed E-state index contributed by atoms with van der Waals surface area (Å²) in [4.78, 5) is 14.7. The lowest BCUT2D eigenvalue weighted by Gasteiger charge is -2.06. The van der Waals surface area contributed by atoms with E-state index in [2.05, 4.69) is 10.3 Å². The minimum Gasteiger partial charge on any atom is -0.396 e. The predicted molar refractivity (Wildman–Crippen MR) is 71.1 cm³/mol. The minimum atomic E-state index is -0.406. The van der Waals surface area contributed by atoms with Crippen LogP contribution in [0.4, 0.5) is 11.4 Å². The van der Waals surface area contributed by atoms with Crippen molar-refractivity contribution in [2.45, 2.75) is 12.8 Å². The van der Waals surface area contributed by atoms with Crippen molar-refractivity contribution < 1.29 is 10.0 Å². The molecule has 18 heavy (non-hydrogen) atoms. The number of nitrogens with one attached hydrogen (secondary N) is 1. The highest BCUT2D eigenvalue weighted by Crippen LogP contribution is 2.34. The number of aliphatic hydroxyl groups is 1. The van der Waals surface area contributed by atoms with Gasteiger partial charge in [0.15, 0.2) is 5.52 Å². The van der Waals surface area contributed by atoms with Gasteiger partial charge in [-0.05, 0) is 25.0 Å². The van der Waals surface area contributed by atoms with Crippen molar-refractivity contribution in [2.24, 2.45) is 0 Å². The van der Waals surface area contributed by atoms with Crippen molar-refractivity contribution in [2.75, 3.05) is 18.5 Å². The number of unbranched alkanes of at least 4 members (excludes halogenated alkanes) is 1.